The van der Waals surface area contributed by atoms with E-state index >= 15 is 0 Å². The van der Waals surface area contributed by atoms with Crippen LogP contribution >= 0.6 is 23.2 Å². The minimum Gasteiger partial charge on any atom is -0.370 e. The normalized spacial score (nSPS) is 16.7. The number of nitrogens with zero attached hydrogens (tertiary/aromatic N) is 2. The lowest BCUT2D eigenvalue weighted by molar-refractivity contribution is -0.118. The van der Waals surface area contributed by atoms with Crippen molar-refractivity contribution in [1.82, 2.24) is 9.97 Å². The molecule has 1 atom stereocenters. The molecular formula is C23H24BCl2F2N4O. The lowest BCUT2D eigenvalue weighted by atomic mass is 9.68. The monoisotopic (exact) mass is 491 g/mol. The Balaban J connectivity index is 1.72. The molecule has 1 amide bonds. The van der Waals surface area contributed by atoms with Crippen molar-refractivity contribution in [3.8, 4) is 0 Å². The number of fused-ring (bicyclic) bond motifs is 1. The van der Waals surface area contributed by atoms with Crippen molar-refractivity contribution in [1.29, 1.82) is 0 Å². The van der Waals surface area contributed by atoms with E-state index in [1.165, 1.54) is 0 Å². The molecule has 173 valence electrons. The van der Waals surface area contributed by atoms with Crippen LogP contribution in [0.5, 0.6) is 0 Å². The number of aromatic nitrogens is 2. The first-order chi connectivity index (χ1) is 15.7. The summed E-state index contributed by atoms with van der Waals surface area (Å²) in [6.07, 6.45) is 0.477. The zero-order valence-corrected chi connectivity index (χ0v) is 19.7. The number of hydrogen-bond acceptors (Lipinski definition) is 3. The first-order valence-corrected chi connectivity index (χ1v) is 11.7. The van der Waals surface area contributed by atoms with Crippen molar-refractivity contribution in [3.05, 3.63) is 51.8 Å². The fourth-order valence-electron chi connectivity index (χ4n) is 4.28. The van der Waals surface area contributed by atoms with Crippen molar-refractivity contribution in [2.45, 2.75) is 44.3 Å². The molecule has 0 bridgehead atoms. The molecule has 1 aliphatic heterocycles. The summed E-state index contributed by atoms with van der Waals surface area (Å²) in [7, 11) is 2.10. The van der Waals surface area contributed by atoms with E-state index < -0.39 is 17.7 Å². The molecule has 3 aromatic rings. The minimum atomic E-state index is -2.68. The van der Waals surface area contributed by atoms with Crippen LogP contribution in [0.1, 0.15) is 43.5 Å². The number of carbonyl (C=O) groups is 1. The fourth-order valence-corrected chi connectivity index (χ4v) is 5.01. The van der Waals surface area contributed by atoms with Gasteiger partial charge in [-0.1, -0.05) is 66.2 Å². The van der Waals surface area contributed by atoms with Crippen LogP contribution in [0, 0.1) is 0 Å². The van der Waals surface area contributed by atoms with E-state index in [2.05, 4.69) is 24.2 Å². The van der Waals surface area contributed by atoms with Crippen LogP contribution in [0.4, 0.5) is 14.5 Å². The third kappa shape index (κ3) is 5.12. The lowest BCUT2D eigenvalue weighted by Crippen LogP contribution is -2.39. The highest BCUT2D eigenvalue weighted by atomic mass is 35.5. The van der Waals surface area contributed by atoms with Crippen molar-refractivity contribution in [3.63, 3.8) is 0 Å². The Hall–Kier alpha value is -2.32. The molecule has 1 radical (unpaired) electrons. The van der Waals surface area contributed by atoms with Gasteiger partial charge in [-0.25, -0.2) is 13.8 Å². The number of hydrogen-bond donors (Lipinski definition) is 2. The number of carbonyl (C=O) groups excluding carboxylic acids is 1. The zero-order chi connectivity index (χ0) is 23.8. The number of nitrogens with two attached hydrogens (primary N) is 1. The number of anilines is 1. The molecule has 0 aliphatic carbocycles. The topological polar surface area (TPSA) is 75.0 Å². The van der Waals surface area contributed by atoms with Crippen LogP contribution < -0.4 is 16.1 Å². The summed E-state index contributed by atoms with van der Waals surface area (Å²) in [6.45, 7) is 2.37. The maximum atomic E-state index is 13.6. The maximum absolute atomic E-state index is 13.6. The summed E-state index contributed by atoms with van der Waals surface area (Å²) in [6, 6.07) is 9.58. The van der Waals surface area contributed by atoms with Crippen LogP contribution in [-0.4, -0.2) is 42.2 Å². The Morgan fingerprint density at radius 1 is 1.27 bits per heavy atom. The van der Waals surface area contributed by atoms with E-state index in [4.69, 9.17) is 28.9 Å². The largest absolute Gasteiger partial charge is 0.370 e. The average molecular weight is 492 g/mol. The summed E-state index contributed by atoms with van der Waals surface area (Å²) in [4.78, 5) is 21.5. The predicted octanol–water partition coefficient (Wildman–Crippen LogP) is 4.88. The quantitative estimate of drug-likeness (QED) is 0.462. The third-order valence-corrected chi connectivity index (χ3v) is 6.63. The Morgan fingerprint density at radius 2 is 1.94 bits per heavy atom. The predicted molar refractivity (Wildman–Crippen MR) is 130 cm³/mol. The van der Waals surface area contributed by atoms with Gasteiger partial charge in [0.25, 0.3) is 5.92 Å². The highest BCUT2D eigenvalue weighted by Crippen LogP contribution is 2.42. The Labute approximate surface area is 201 Å². The number of primary amides is 1. The zero-order valence-electron chi connectivity index (χ0n) is 18.2. The molecule has 5 nitrogen and oxygen atoms in total. The van der Waals surface area contributed by atoms with E-state index in [1.54, 1.807) is 11.0 Å². The average Bonchev–Trinajstić information content (AvgIpc) is 3.18. The summed E-state index contributed by atoms with van der Waals surface area (Å²) in [5, 5.41) is 0.662. The second-order valence-electron chi connectivity index (χ2n) is 8.38. The van der Waals surface area contributed by atoms with Crippen LogP contribution in [0.25, 0.3) is 11.0 Å². The number of benzene rings is 2. The number of piperidine rings is 1. The number of aromatic amines is 1. The summed E-state index contributed by atoms with van der Waals surface area (Å²) in [5.41, 5.74) is 9.11. The second kappa shape index (κ2) is 9.51. The number of halogens is 4. The fraction of sp³-hybridized carbons (Fsp3) is 0.391. The highest BCUT2D eigenvalue weighted by molar-refractivity contribution is 6.53. The van der Waals surface area contributed by atoms with Gasteiger partial charge in [-0.15, -0.1) is 0 Å². The molecule has 1 aromatic heterocycles. The third-order valence-electron chi connectivity index (χ3n) is 5.99. The molecule has 1 saturated heterocycles. The van der Waals surface area contributed by atoms with Crippen LogP contribution in [-0.2, 0) is 4.79 Å². The molecule has 10 heteroatoms. The van der Waals surface area contributed by atoms with Gasteiger partial charge in [0, 0.05) is 32.4 Å². The molecule has 2 aromatic carbocycles. The first-order valence-electron chi connectivity index (χ1n) is 10.9. The maximum Gasteiger partial charge on any atom is 0.251 e. The molecule has 1 aliphatic rings. The number of imidazole rings is 1. The van der Waals surface area contributed by atoms with Gasteiger partial charge in [0.05, 0.1) is 27.2 Å². The summed E-state index contributed by atoms with van der Waals surface area (Å²) >= 11 is 13.2. The molecule has 1 unspecified atom stereocenters. The van der Waals surface area contributed by atoms with Crippen LogP contribution in [0.15, 0.2) is 30.3 Å². The van der Waals surface area contributed by atoms with Gasteiger partial charge < -0.3 is 15.6 Å². The van der Waals surface area contributed by atoms with Gasteiger partial charge in [0.15, 0.2) is 7.28 Å². The van der Waals surface area contributed by atoms with Gasteiger partial charge in [-0.2, -0.15) is 0 Å². The first kappa shape index (κ1) is 23.8. The molecule has 3 N–H and O–H groups in total. The van der Waals surface area contributed by atoms with E-state index in [1.807, 2.05) is 24.3 Å². The van der Waals surface area contributed by atoms with E-state index in [-0.39, 0.29) is 32.4 Å². The van der Waals surface area contributed by atoms with Gasteiger partial charge in [0.2, 0.25) is 5.91 Å². The van der Waals surface area contributed by atoms with Crippen molar-refractivity contribution >= 4 is 58.6 Å². The number of rotatable bonds is 7. The molecule has 0 spiro atoms. The second-order valence-corrected chi connectivity index (χ2v) is 9.17. The molecule has 4 rings (SSSR count). The molecule has 0 saturated carbocycles. The van der Waals surface area contributed by atoms with E-state index in [9.17, 15) is 13.6 Å². The molecule has 2 heterocycles. The van der Waals surface area contributed by atoms with E-state index in [0.29, 0.717) is 32.6 Å². The summed E-state index contributed by atoms with van der Waals surface area (Å²) < 4.78 is 27.2. The van der Waals surface area contributed by atoms with Crippen molar-refractivity contribution < 1.29 is 13.6 Å². The smallest absolute Gasteiger partial charge is 0.251 e. The molecular weight excluding hydrogens is 468 g/mol. The number of nitrogens with one attached hydrogen (secondary N) is 1. The highest BCUT2D eigenvalue weighted by Gasteiger charge is 2.35. The van der Waals surface area contributed by atoms with Crippen LogP contribution in [0.3, 0.4) is 0 Å². The molecule has 33 heavy (non-hydrogen) atoms. The number of H-pyrrole nitrogens is 1. The Bertz CT molecular complexity index is 1160. The lowest BCUT2D eigenvalue weighted by Gasteiger charge is -2.34. The minimum absolute atomic E-state index is 0.0656. The van der Waals surface area contributed by atoms with Gasteiger partial charge in [-0.05, 0) is 11.6 Å². The number of amides is 1. The van der Waals surface area contributed by atoms with Gasteiger partial charge >= 0.3 is 0 Å². The molecule has 1 fully saturated rings. The van der Waals surface area contributed by atoms with E-state index in [0.717, 1.165) is 17.3 Å². The van der Waals surface area contributed by atoms with Crippen LogP contribution in [0.2, 0.25) is 16.4 Å². The van der Waals surface area contributed by atoms with Crippen molar-refractivity contribution in [2.75, 3.05) is 18.0 Å². The Kier molecular flexibility index (Phi) is 6.87. The summed E-state index contributed by atoms with van der Waals surface area (Å²) in [5.74, 6) is -2.98. The Morgan fingerprint density at radius 3 is 2.55 bits per heavy atom. The van der Waals surface area contributed by atoms with Gasteiger partial charge in [-0.3, -0.25) is 4.79 Å². The standard InChI is InChI=1S/C23H24BCl2F2N4O/c1-2-24-14-5-3-13(4-6-14)15(11-18(29)33)22-30-17-12-16(25)21(19(26)20(17)31-22)32-9-7-23(27,28)8-10-32/h3-6,12,15H,2,7-11H2,1H3,(H2,29,33)(H,30,31). The van der Waals surface area contributed by atoms with Gasteiger partial charge in [0.1, 0.15) is 11.3 Å². The number of alkyl halides is 2. The van der Waals surface area contributed by atoms with Crippen molar-refractivity contribution in [2.24, 2.45) is 5.73 Å². The SMILES string of the molecule is CC[B]c1ccc(C(CC(N)=O)c2nc3c(Cl)c(N4CCC(F)(F)CC4)c(Cl)cc3[nH]2)cc1.